The molecule has 494 valence electrons. The van der Waals surface area contributed by atoms with Crippen LogP contribution in [-0.4, -0.2) is 156 Å². The van der Waals surface area contributed by atoms with E-state index in [0.29, 0.717) is 77.8 Å². The Morgan fingerprint density at radius 2 is 0.378 bits per heavy atom. The van der Waals surface area contributed by atoms with Crippen molar-refractivity contribution in [2.75, 3.05) is 26.4 Å². The minimum Gasteiger partial charge on any atom is -0.353 e. The van der Waals surface area contributed by atoms with Gasteiger partial charge in [0.25, 0.3) is 0 Å². The van der Waals surface area contributed by atoms with E-state index < -0.39 is 99.1 Å². The molecule has 0 fully saturated rings. The van der Waals surface area contributed by atoms with Gasteiger partial charge in [0.05, 0.1) is 0 Å². The van der Waals surface area contributed by atoms with Crippen LogP contribution in [0, 0.1) is 0 Å². The third-order valence-corrected chi connectivity index (χ3v) is 13.1. The third kappa shape index (κ3) is 28.1. The number of rotatable bonds is 57. The van der Waals surface area contributed by atoms with Gasteiger partial charge in [0, 0.05) is 52.1 Å². The summed E-state index contributed by atoms with van der Waals surface area (Å²) < 4.78 is 102. The molecular formula is C60H124N2O20. The van der Waals surface area contributed by atoms with Crippen molar-refractivity contribution in [3.63, 3.8) is 0 Å². The lowest BCUT2D eigenvalue weighted by Gasteiger charge is -2.59. The smallest absolute Gasteiger partial charge is 0.247 e. The van der Waals surface area contributed by atoms with Gasteiger partial charge in [-0.25, -0.2) is 0 Å². The first-order valence-corrected chi connectivity index (χ1v) is 32.1. The molecule has 22 heteroatoms. The highest BCUT2D eigenvalue weighted by Gasteiger charge is 2.64. The van der Waals surface area contributed by atoms with Gasteiger partial charge in [-0.05, 0) is 103 Å². The highest BCUT2D eigenvalue weighted by molar-refractivity contribution is 4.86. The fourth-order valence-electron chi connectivity index (χ4n) is 8.24. The highest BCUT2D eigenvalue weighted by atomic mass is 16.9. The number of hydrogen-bond acceptors (Lipinski definition) is 22. The number of ether oxygens (including phenoxy) is 16. The van der Waals surface area contributed by atoms with E-state index in [1.165, 1.54) is 0 Å². The molecule has 0 heterocycles. The topological polar surface area (TPSA) is 235 Å². The van der Waals surface area contributed by atoms with E-state index in [1.807, 2.05) is 83.1 Å². The zero-order chi connectivity index (χ0) is 62.4. The Hall–Kier alpha value is -0.880. The summed E-state index contributed by atoms with van der Waals surface area (Å²) in [5.74, 6) is -11.3. The molecule has 0 aromatic heterocycles. The Labute approximate surface area is 497 Å². The van der Waals surface area contributed by atoms with Crippen molar-refractivity contribution in [1.82, 2.24) is 10.0 Å². The van der Waals surface area contributed by atoms with Gasteiger partial charge in [-0.2, -0.15) is 0 Å². The van der Waals surface area contributed by atoms with Gasteiger partial charge in [-0.15, -0.1) is 10.0 Å². The standard InChI is InChI=1S/C60H124N2O20/c1-21-41-67-45(25-5)71-49(29-9)75-53(33-13)79-57(63,37-17)61(58(64,38-18)80-54(34-14)76-50(30-10)72-46(26-6)68-42-22-2)62(59(65,39-19)81-55(35-15)77-51(31-11)73-47(27-7)69-43-23-3)60(66,40-20)82-56(36-16)78-52(32-12)74-48(28-8)70-44-24-4/h45-56,63-66H,21-44H2,1-20H3. The van der Waals surface area contributed by atoms with Gasteiger partial charge in [-0.3, -0.25) is 0 Å². The van der Waals surface area contributed by atoms with Crippen LogP contribution in [0.5, 0.6) is 0 Å². The van der Waals surface area contributed by atoms with Gasteiger partial charge in [0.15, 0.2) is 75.5 Å². The molecule has 0 saturated carbocycles. The fourth-order valence-corrected chi connectivity index (χ4v) is 8.24. The van der Waals surface area contributed by atoms with Crippen LogP contribution in [0.15, 0.2) is 0 Å². The molecule has 0 bridgehead atoms. The second kappa shape index (κ2) is 45.4. The molecule has 0 aliphatic rings. The zero-order valence-corrected chi connectivity index (χ0v) is 55.1. The quantitative estimate of drug-likeness (QED) is 0.0327. The van der Waals surface area contributed by atoms with Crippen molar-refractivity contribution in [1.29, 1.82) is 0 Å². The number of nitrogens with zero attached hydrogens (tertiary/aromatic N) is 2. The molecule has 0 rings (SSSR count). The monoisotopic (exact) mass is 1190 g/mol. The Kier molecular flexibility index (Phi) is 44.9. The lowest BCUT2D eigenvalue weighted by atomic mass is 10.2. The number of hydrazine groups is 1. The highest BCUT2D eigenvalue weighted by Crippen LogP contribution is 2.44. The van der Waals surface area contributed by atoms with Gasteiger partial charge in [0.1, 0.15) is 0 Å². The van der Waals surface area contributed by atoms with Crippen LogP contribution >= 0.6 is 0 Å². The number of hydrogen-bond donors (Lipinski definition) is 4. The molecule has 16 unspecified atom stereocenters. The maximum absolute atomic E-state index is 13.8. The molecular weight excluding hydrogens is 1070 g/mol. The molecule has 0 spiro atoms. The van der Waals surface area contributed by atoms with E-state index in [0.717, 1.165) is 35.7 Å². The largest absolute Gasteiger partial charge is 0.353 e. The van der Waals surface area contributed by atoms with Gasteiger partial charge < -0.3 is 96.2 Å². The summed E-state index contributed by atoms with van der Waals surface area (Å²) in [6, 6.07) is 0. The first kappa shape index (κ1) is 81.1. The van der Waals surface area contributed by atoms with E-state index in [1.54, 1.807) is 55.4 Å². The summed E-state index contributed by atoms with van der Waals surface area (Å²) in [7, 11) is 0. The minimum absolute atomic E-state index is 0.127. The lowest BCUT2D eigenvalue weighted by Crippen LogP contribution is -2.80. The maximum atomic E-state index is 13.8. The van der Waals surface area contributed by atoms with Crippen LogP contribution < -0.4 is 0 Å². The molecule has 4 N–H and O–H groups in total. The van der Waals surface area contributed by atoms with Crippen LogP contribution in [0.1, 0.15) is 267 Å². The fraction of sp³-hybridized carbons (Fsp3) is 1.00. The summed E-state index contributed by atoms with van der Waals surface area (Å²) in [5.41, 5.74) is 0. The predicted molar refractivity (Wildman–Crippen MR) is 312 cm³/mol. The molecule has 22 nitrogen and oxygen atoms in total. The Morgan fingerprint density at radius 1 is 0.232 bits per heavy atom. The van der Waals surface area contributed by atoms with Crippen molar-refractivity contribution in [3.8, 4) is 0 Å². The Morgan fingerprint density at radius 3 is 0.500 bits per heavy atom. The summed E-state index contributed by atoms with van der Waals surface area (Å²) >= 11 is 0. The van der Waals surface area contributed by atoms with Gasteiger partial charge in [-0.1, -0.05) is 138 Å². The molecule has 0 radical (unpaired) electrons. The predicted octanol–water partition coefficient (Wildman–Crippen LogP) is 12.5. The van der Waals surface area contributed by atoms with Crippen LogP contribution in [0.2, 0.25) is 0 Å². The second-order valence-corrected chi connectivity index (χ2v) is 20.1. The van der Waals surface area contributed by atoms with E-state index in [9.17, 15) is 20.4 Å². The van der Waals surface area contributed by atoms with E-state index in [-0.39, 0.29) is 51.4 Å². The maximum Gasteiger partial charge on any atom is 0.247 e. The van der Waals surface area contributed by atoms with Gasteiger partial charge in [0.2, 0.25) is 23.6 Å². The SMILES string of the molecule is CCCOC(CC)OC(CC)OC(CC)OC(O)(CC)N(N(C(O)(CC)OC(CC)OC(CC)OC(CC)OCCC)C(O)(CC)OC(CC)OC(CC)OC(CC)OCCC)C(O)(CC)OC(CC)OC(CC)OC(CC)OCCC. The average Bonchev–Trinajstić information content (AvgIpc) is 3.52. The van der Waals surface area contributed by atoms with Crippen LogP contribution in [0.4, 0.5) is 0 Å². The Bertz CT molecular complexity index is 1290. The van der Waals surface area contributed by atoms with Crippen molar-refractivity contribution in [2.45, 2.75) is 366 Å². The summed E-state index contributed by atoms with van der Waals surface area (Å²) in [4.78, 5) is 0. The lowest BCUT2D eigenvalue weighted by molar-refractivity contribution is -0.582. The molecule has 0 aromatic carbocycles. The van der Waals surface area contributed by atoms with Crippen molar-refractivity contribution in [2.24, 2.45) is 0 Å². The van der Waals surface area contributed by atoms with E-state index in [2.05, 4.69) is 0 Å². The van der Waals surface area contributed by atoms with E-state index >= 15 is 0 Å². The minimum atomic E-state index is -2.82. The normalized spacial score (nSPS) is 20.0. The van der Waals surface area contributed by atoms with Crippen LogP contribution in [0.25, 0.3) is 0 Å². The first-order chi connectivity index (χ1) is 39.2. The van der Waals surface area contributed by atoms with Crippen molar-refractivity contribution in [3.05, 3.63) is 0 Å². The second-order valence-electron chi connectivity index (χ2n) is 20.1. The van der Waals surface area contributed by atoms with Crippen LogP contribution in [0.3, 0.4) is 0 Å². The molecule has 16 atom stereocenters. The zero-order valence-electron chi connectivity index (χ0n) is 55.1. The van der Waals surface area contributed by atoms with Crippen LogP contribution in [-0.2, 0) is 75.8 Å². The molecule has 0 aliphatic carbocycles. The van der Waals surface area contributed by atoms with Crippen molar-refractivity contribution < 1.29 is 96.2 Å². The first-order valence-electron chi connectivity index (χ1n) is 32.1. The molecule has 0 amide bonds. The summed E-state index contributed by atoms with van der Waals surface area (Å²) in [6.45, 7) is 38.7. The van der Waals surface area contributed by atoms with Gasteiger partial charge >= 0.3 is 0 Å². The average molecular weight is 1190 g/mol. The van der Waals surface area contributed by atoms with E-state index in [4.69, 9.17) is 75.8 Å². The molecule has 0 aromatic rings. The summed E-state index contributed by atoms with van der Waals surface area (Å²) in [5, 5.41) is 56.8. The number of aliphatic hydroxyl groups is 4. The summed E-state index contributed by atoms with van der Waals surface area (Å²) in [6.07, 6.45) is -5.56. The third-order valence-electron chi connectivity index (χ3n) is 13.1. The molecule has 82 heavy (non-hydrogen) atoms. The Balaban J connectivity index is 8.93. The molecule has 0 aliphatic heterocycles. The van der Waals surface area contributed by atoms with Crippen molar-refractivity contribution >= 4 is 0 Å². The molecule has 0 saturated heterocycles.